The summed E-state index contributed by atoms with van der Waals surface area (Å²) in [5.74, 6) is 0.156. The Bertz CT molecular complexity index is 1110. The maximum atomic E-state index is 13.5. The van der Waals surface area contributed by atoms with Crippen molar-refractivity contribution in [1.82, 2.24) is 25.7 Å². The van der Waals surface area contributed by atoms with Crippen LogP contribution >= 0.6 is 0 Å². The second kappa shape index (κ2) is 8.57. The van der Waals surface area contributed by atoms with Gasteiger partial charge in [-0.25, -0.2) is 0 Å². The molecule has 2 aromatic heterocycles. The van der Waals surface area contributed by atoms with Crippen molar-refractivity contribution in [2.75, 3.05) is 11.4 Å². The number of alkyl halides is 3. The molecule has 1 aliphatic rings. The summed E-state index contributed by atoms with van der Waals surface area (Å²) in [6.07, 6.45) is 0.0301. The lowest BCUT2D eigenvalue weighted by Gasteiger charge is -2.50. The Morgan fingerprint density at radius 1 is 1.03 bits per heavy atom. The van der Waals surface area contributed by atoms with Crippen LogP contribution in [-0.4, -0.2) is 55.3 Å². The summed E-state index contributed by atoms with van der Waals surface area (Å²) < 4.78 is 40.6. The molecule has 1 saturated heterocycles. The molecule has 182 valence electrons. The monoisotopic (exact) mass is 474 g/mol. The van der Waals surface area contributed by atoms with Gasteiger partial charge in [-0.3, -0.25) is 5.10 Å². The van der Waals surface area contributed by atoms with Crippen LogP contribution in [0.1, 0.15) is 40.5 Å². The second-order valence-corrected chi connectivity index (χ2v) is 10.2. The summed E-state index contributed by atoms with van der Waals surface area (Å²) in [7, 11) is 0. The summed E-state index contributed by atoms with van der Waals surface area (Å²) in [5, 5.41) is 29.0. The van der Waals surface area contributed by atoms with Crippen LogP contribution in [0.2, 0.25) is 0 Å². The zero-order chi connectivity index (χ0) is 24.7. The maximum Gasteiger partial charge on any atom is 0.405 e. The molecule has 0 spiro atoms. The number of rotatable bonds is 5. The van der Waals surface area contributed by atoms with E-state index in [1.807, 2.05) is 33.8 Å². The van der Waals surface area contributed by atoms with Crippen molar-refractivity contribution in [3.05, 3.63) is 42.7 Å². The van der Waals surface area contributed by atoms with Crippen molar-refractivity contribution >= 4 is 5.82 Å². The van der Waals surface area contributed by atoms with Gasteiger partial charge in [0.2, 0.25) is 0 Å². The van der Waals surface area contributed by atoms with E-state index in [1.165, 1.54) is 4.90 Å². The Labute approximate surface area is 196 Å². The van der Waals surface area contributed by atoms with Gasteiger partial charge in [-0.1, -0.05) is 6.07 Å². The Hall–Kier alpha value is -3.14. The van der Waals surface area contributed by atoms with Crippen molar-refractivity contribution in [2.24, 2.45) is 0 Å². The van der Waals surface area contributed by atoms with Gasteiger partial charge in [-0.15, -0.1) is 10.2 Å². The molecule has 3 N–H and O–H groups in total. The Morgan fingerprint density at radius 3 is 2.26 bits per heavy atom. The highest BCUT2D eigenvalue weighted by Gasteiger charge is 2.43. The fourth-order valence-electron chi connectivity index (χ4n) is 5.04. The first kappa shape index (κ1) is 24.0. The van der Waals surface area contributed by atoms with Crippen molar-refractivity contribution in [3.63, 3.8) is 0 Å². The standard InChI is InChI=1S/C24H29F3N6O/c1-22(2)10-17(11-23(3,4)32-22)33(14-24(25,26)27)21-8-7-19(30-31-21)18-6-5-15(9-20(18)34)16-12-28-29-13-16/h5-9,12-13,17,32,34H,10-11,14H2,1-4H3,(H,28,29). The Kier molecular flexibility index (Phi) is 6.05. The number of nitrogens with zero attached hydrogens (tertiary/aromatic N) is 4. The Morgan fingerprint density at radius 2 is 1.74 bits per heavy atom. The minimum atomic E-state index is -4.39. The highest BCUT2D eigenvalue weighted by atomic mass is 19.4. The third-order valence-corrected chi connectivity index (χ3v) is 6.01. The summed E-state index contributed by atoms with van der Waals surface area (Å²) in [6, 6.07) is 7.87. The number of aromatic hydroxyl groups is 1. The molecule has 1 fully saturated rings. The van der Waals surface area contributed by atoms with E-state index in [0.717, 1.165) is 11.1 Å². The first-order valence-corrected chi connectivity index (χ1v) is 11.1. The fraction of sp³-hybridized carbons (Fsp3) is 0.458. The van der Waals surface area contributed by atoms with Gasteiger partial charge in [0.1, 0.15) is 12.3 Å². The van der Waals surface area contributed by atoms with Gasteiger partial charge in [-0.05, 0) is 70.4 Å². The van der Waals surface area contributed by atoms with Gasteiger partial charge < -0.3 is 15.3 Å². The minimum Gasteiger partial charge on any atom is -0.507 e. The van der Waals surface area contributed by atoms with Crippen LogP contribution in [0.3, 0.4) is 0 Å². The summed E-state index contributed by atoms with van der Waals surface area (Å²) in [4.78, 5) is 1.31. The molecule has 0 saturated carbocycles. The molecule has 0 atom stereocenters. The number of benzene rings is 1. The number of phenols is 1. The molecule has 0 amide bonds. The predicted molar refractivity (Wildman–Crippen MR) is 124 cm³/mol. The number of hydrogen-bond donors (Lipinski definition) is 3. The van der Waals surface area contributed by atoms with E-state index in [0.29, 0.717) is 24.1 Å². The lowest BCUT2D eigenvalue weighted by Crippen LogP contribution is -2.63. The summed E-state index contributed by atoms with van der Waals surface area (Å²) in [5.41, 5.74) is 1.75. The lowest BCUT2D eigenvalue weighted by molar-refractivity contribution is -0.121. The number of aromatic amines is 1. The van der Waals surface area contributed by atoms with Crippen molar-refractivity contribution in [1.29, 1.82) is 0 Å². The van der Waals surface area contributed by atoms with Gasteiger partial charge in [0.25, 0.3) is 0 Å². The molecule has 1 aliphatic heterocycles. The highest BCUT2D eigenvalue weighted by molar-refractivity contribution is 5.73. The fourth-order valence-corrected chi connectivity index (χ4v) is 5.04. The van der Waals surface area contributed by atoms with E-state index >= 15 is 0 Å². The van der Waals surface area contributed by atoms with E-state index in [1.54, 1.807) is 36.7 Å². The van der Waals surface area contributed by atoms with Gasteiger partial charge >= 0.3 is 6.18 Å². The molecule has 3 aromatic rings. The van der Waals surface area contributed by atoms with E-state index in [-0.39, 0.29) is 28.7 Å². The molecule has 4 rings (SSSR count). The molecule has 7 nitrogen and oxygen atoms in total. The van der Waals surface area contributed by atoms with Crippen LogP contribution < -0.4 is 10.2 Å². The number of piperidine rings is 1. The van der Waals surface area contributed by atoms with Crippen molar-refractivity contribution in [2.45, 2.75) is 63.8 Å². The zero-order valence-corrected chi connectivity index (χ0v) is 19.6. The molecule has 1 aromatic carbocycles. The third-order valence-electron chi connectivity index (χ3n) is 6.01. The van der Waals surface area contributed by atoms with Crippen LogP contribution in [-0.2, 0) is 0 Å². The number of phenolic OH excluding ortho intramolecular Hbond substituents is 1. The number of hydrogen-bond acceptors (Lipinski definition) is 6. The molecule has 0 bridgehead atoms. The average Bonchev–Trinajstić information content (AvgIpc) is 3.24. The zero-order valence-electron chi connectivity index (χ0n) is 19.6. The molecule has 0 radical (unpaired) electrons. The topological polar surface area (TPSA) is 90.0 Å². The van der Waals surface area contributed by atoms with Gasteiger partial charge in [-0.2, -0.15) is 18.3 Å². The van der Waals surface area contributed by atoms with Crippen LogP contribution in [0, 0.1) is 0 Å². The second-order valence-electron chi connectivity index (χ2n) is 10.2. The average molecular weight is 475 g/mol. The number of aromatic nitrogens is 4. The largest absolute Gasteiger partial charge is 0.507 e. The highest BCUT2D eigenvalue weighted by Crippen LogP contribution is 2.36. The maximum absolute atomic E-state index is 13.5. The summed E-state index contributed by atoms with van der Waals surface area (Å²) >= 11 is 0. The van der Waals surface area contributed by atoms with Crippen molar-refractivity contribution in [3.8, 4) is 28.1 Å². The van der Waals surface area contributed by atoms with Crippen molar-refractivity contribution < 1.29 is 18.3 Å². The number of anilines is 1. The van der Waals surface area contributed by atoms with Crippen LogP contribution in [0.4, 0.5) is 19.0 Å². The van der Waals surface area contributed by atoms with Crippen LogP contribution in [0.25, 0.3) is 22.4 Å². The number of H-pyrrole nitrogens is 1. The smallest absolute Gasteiger partial charge is 0.405 e. The van der Waals surface area contributed by atoms with E-state index in [2.05, 4.69) is 25.7 Å². The van der Waals surface area contributed by atoms with Gasteiger partial charge in [0, 0.05) is 34.4 Å². The number of nitrogens with one attached hydrogen (secondary N) is 2. The molecule has 34 heavy (non-hydrogen) atoms. The third kappa shape index (κ3) is 5.49. The Balaban J connectivity index is 1.63. The molecule has 0 unspecified atom stereocenters. The first-order chi connectivity index (χ1) is 15.8. The van der Waals surface area contributed by atoms with E-state index in [9.17, 15) is 18.3 Å². The molecular formula is C24H29F3N6O. The summed E-state index contributed by atoms with van der Waals surface area (Å²) in [6.45, 7) is 6.88. The minimum absolute atomic E-state index is 0.00486. The van der Waals surface area contributed by atoms with E-state index in [4.69, 9.17) is 0 Å². The van der Waals surface area contributed by atoms with Crippen LogP contribution in [0.5, 0.6) is 5.75 Å². The molecule has 0 aliphatic carbocycles. The number of halogens is 3. The quantitative estimate of drug-likeness (QED) is 0.487. The molecular weight excluding hydrogens is 445 g/mol. The van der Waals surface area contributed by atoms with Crippen LogP contribution in [0.15, 0.2) is 42.7 Å². The normalized spacial score (nSPS) is 18.1. The SMILES string of the molecule is CC1(C)CC(N(CC(F)(F)F)c2ccc(-c3ccc(-c4cn[nH]c4)cc3O)nn2)CC(C)(C)N1. The van der Waals surface area contributed by atoms with Gasteiger partial charge in [0.15, 0.2) is 5.82 Å². The van der Waals surface area contributed by atoms with E-state index < -0.39 is 12.7 Å². The predicted octanol–water partition coefficient (Wildman–Crippen LogP) is 4.92. The molecule has 10 heteroatoms. The first-order valence-electron chi connectivity index (χ1n) is 11.1. The van der Waals surface area contributed by atoms with Gasteiger partial charge in [0.05, 0.1) is 11.9 Å². The molecule has 3 heterocycles. The lowest BCUT2D eigenvalue weighted by atomic mass is 9.79.